The summed E-state index contributed by atoms with van der Waals surface area (Å²) < 4.78 is 0. The van der Waals surface area contributed by atoms with E-state index in [1.165, 1.54) is 0 Å². The Bertz CT molecular complexity index is 264. The Hall–Kier alpha value is -1.23. The highest BCUT2D eigenvalue weighted by Crippen LogP contribution is 2.28. The van der Waals surface area contributed by atoms with Gasteiger partial charge in [0.15, 0.2) is 0 Å². The van der Waals surface area contributed by atoms with E-state index in [2.05, 4.69) is 5.43 Å². The molecule has 1 aliphatic heterocycles. The minimum Gasteiger partial charge on any atom is -0.478 e. The van der Waals surface area contributed by atoms with Crippen molar-refractivity contribution in [3.8, 4) is 0 Å². The van der Waals surface area contributed by atoms with Crippen LogP contribution in [0.5, 0.6) is 0 Å². The highest BCUT2D eigenvalue weighted by Gasteiger charge is 2.46. The lowest BCUT2D eigenvalue weighted by molar-refractivity contribution is -0.158. The first-order chi connectivity index (χ1) is 5.94. The molecular weight excluding hydrogens is 170 g/mol. The molecule has 13 heavy (non-hydrogen) atoms. The molecule has 0 saturated carbocycles. The Morgan fingerprint density at radius 2 is 2.23 bits per heavy atom. The Labute approximate surface area is 77.6 Å². The molecule has 5 heteroatoms. The van der Waals surface area contributed by atoms with Crippen LogP contribution in [-0.2, 0) is 4.79 Å². The molecule has 1 unspecified atom stereocenters. The number of nitrogens with zero attached hydrogens (tertiary/aromatic N) is 2. The van der Waals surface area contributed by atoms with Gasteiger partial charge in [-0.05, 0) is 13.8 Å². The molecule has 0 bridgehead atoms. The molecule has 0 aromatic carbocycles. The standard InChI is InChI=1S/C8H15N3O2/c1-6-5-11(9-3)8(2,7(12)13)10(6)4/h5,9H,1-4H3,(H,12,13). The zero-order valence-electron chi connectivity index (χ0n) is 8.33. The summed E-state index contributed by atoms with van der Waals surface area (Å²) in [7, 11) is 3.46. The fourth-order valence-electron chi connectivity index (χ4n) is 1.43. The van der Waals surface area contributed by atoms with E-state index < -0.39 is 11.6 Å². The normalized spacial score (nSPS) is 27.8. The maximum Gasteiger partial charge on any atom is 0.351 e. The molecule has 0 fully saturated rings. The van der Waals surface area contributed by atoms with Crippen LogP contribution in [0.1, 0.15) is 13.8 Å². The number of rotatable bonds is 2. The molecular formula is C8H15N3O2. The van der Waals surface area contributed by atoms with E-state index in [4.69, 9.17) is 5.11 Å². The van der Waals surface area contributed by atoms with Crippen molar-refractivity contribution in [1.82, 2.24) is 15.3 Å². The Morgan fingerprint density at radius 1 is 1.69 bits per heavy atom. The van der Waals surface area contributed by atoms with E-state index in [0.29, 0.717) is 0 Å². The lowest BCUT2D eigenvalue weighted by Gasteiger charge is -2.37. The first-order valence-electron chi connectivity index (χ1n) is 4.07. The summed E-state index contributed by atoms with van der Waals surface area (Å²) in [5.74, 6) is -0.877. The van der Waals surface area contributed by atoms with Crippen molar-refractivity contribution in [3.63, 3.8) is 0 Å². The summed E-state index contributed by atoms with van der Waals surface area (Å²) >= 11 is 0. The smallest absolute Gasteiger partial charge is 0.351 e. The van der Waals surface area contributed by atoms with Gasteiger partial charge in [-0.15, -0.1) is 0 Å². The minimum atomic E-state index is -1.03. The van der Waals surface area contributed by atoms with E-state index >= 15 is 0 Å². The molecule has 0 spiro atoms. The second-order valence-corrected chi connectivity index (χ2v) is 3.25. The van der Waals surface area contributed by atoms with Crippen LogP contribution in [0.4, 0.5) is 0 Å². The largest absolute Gasteiger partial charge is 0.478 e. The van der Waals surface area contributed by atoms with Gasteiger partial charge >= 0.3 is 5.97 Å². The monoisotopic (exact) mass is 185 g/mol. The van der Waals surface area contributed by atoms with Crippen molar-refractivity contribution in [2.24, 2.45) is 0 Å². The summed E-state index contributed by atoms with van der Waals surface area (Å²) in [4.78, 5) is 12.8. The number of carbonyl (C=O) groups is 1. The number of hydrogen-bond acceptors (Lipinski definition) is 4. The van der Waals surface area contributed by atoms with Gasteiger partial charge in [0.25, 0.3) is 0 Å². The van der Waals surface area contributed by atoms with Crippen molar-refractivity contribution in [1.29, 1.82) is 0 Å². The van der Waals surface area contributed by atoms with Crippen LogP contribution >= 0.6 is 0 Å². The number of hydrogen-bond donors (Lipinski definition) is 2. The number of allylic oxidation sites excluding steroid dienone is 1. The lowest BCUT2D eigenvalue weighted by Crippen LogP contribution is -2.59. The molecule has 0 amide bonds. The molecule has 0 radical (unpaired) electrons. The van der Waals surface area contributed by atoms with Gasteiger partial charge in [-0.3, -0.25) is 5.01 Å². The average Bonchev–Trinajstić information content (AvgIpc) is 2.30. The van der Waals surface area contributed by atoms with Crippen LogP contribution in [0.25, 0.3) is 0 Å². The van der Waals surface area contributed by atoms with Crippen molar-refractivity contribution in [2.45, 2.75) is 19.5 Å². The fourth-order valence-corrected chi connectivity index (χ4v) is 1.43. The predicted molar refractivity (Wildman–Crippen MR) is 48.5 cm³/mol. The number of aliphatic carboxylic acids is 1. The topological polar surface area (TPSA) is 55.8 Å². The fraction of sp³-hybridized carbons (Fsp3) is 0.625. The lowest BCUT2D eigenvalue weighted by atomic mass is 10.2. The first kappa shape index (κ1) is 9.85. The van der Waals surface area contributed by atoms with Gasteiger partial charge < -0.3 is 10.0 Å². The minimum absolute atomic E-state index is 0.877. The van der Waals surface area contributed by atoms with E-state index in [0.717, 1.165) is 5.70 Å². The molecule has 1 rings (SSSR count). The van der Waals surface area contributed by atoms with Crippen molar-refractivity contribution in [3.05, 3.63) is 11.9 Å². The van der Waals surface area contributed by atoms with Crippen LogP contribution in [-0.4, -0.2) is 40.7 Å². The van der Waals surface area contributed by atoms with E-state index in [1.54, 1.807) is 37.1 Å². The predicted octanol–water partition coefficient (Wildman–Crippen LogP) is 0.0303. The summed E-state index contributed by atoms with van der Waals surface area (Å²) in [5, 5.41) is 10.7. The van der Waals surface area contributed by atoms with Crippen LogP contribution in [0.3, 0.4) is 0 Å². The van der Waals surface area contributed by atoms with Gasteiger partial charge in [0.05, 0.1) is 0 Å². The van der Waals surface area contributed by atoms with Gasteiger partial charge in [-0.25, -0.2) is 10.2 Å². The quantitative estimate of drug-likeness (QED) is 0.635. The molecule has 0 saturated heterocycles. The Morgan fingerprint density at radius 3 is 2.54 bits per heavy atom. The van der Waals surface area contributed by atoms with Crippen LogP contribution in [0.2, 0.25) is 0 Å². The Kier molecular flexibility index (Phi) is 2.21. The number of hydrazine groups is 1. The summed E-state index contributed by atoms with van der Waals surface area (Å²) in [6.45, 7) is 3.53. The molecule has 1 atom stereocenters. The van der Waals surface area contributed by atoms with Gasteiger partial charge in [0.1, 0.15) is 0 Å². The third-order valence-electron chi connectivity index (χ3n) is 2.61. The maximum atomic E-state index is 11.1. The molecule has 0 aromatic rings. The molecule has 1 aliphatic rings. The van der Waals surface area contributed by atoms with Gasteiger partial charge in [-0.1, -0.05) is 0 Å². The molecule has 0 aromatic heterocycles. The molecule has 0 aliphatic carbocycles. The van der Waals surface area contributed by atoms with Gasteiger partial charge in [0, 0.05) is 26.0 Å². The summed E-state index contributed by atoms with van der Waals surface area (Å²) in [6.07, 6.45) is 1.77. The maximum absolute atomic E-state index is 11.1. The van der Waals surface area contributed by atoms with Crippen LogP contribution < -0.4 is 5.43 Å². The molecule has 2 N–H and O–H groups in total. The zero-order chi connectivity index (χ0) is 10.2. The second kappa shape index (κ2) is 2.92. The first-order valence-corrected chi connectivity index (χ1v) is 4.07. The average molecular weight is 185 g/mol. The van der Waals surface area contributed by atoms with E-state index in [1.807, 2.05) is 6.92 Å². The number of likely N-dealkylation sites (N-methyl/N-ethyl adjacent to an activating group) is 1. The number of nitrogens with one attached hydrogen (secondary N) is 1. The summed E-state index contributed by atoms with van der Waals surface area (Å²) in [6, 6.07) is 0. The molecule has 74 valence electrons. The van der Waals surface area contributed by atoms with E-state index in [-0.39, 0.29) is 0 Å². The Balaban J connectivity index is 3.05. The van der Waals surface area contributed by atoms with E-state index in [9.17, 15) is 4.79 Å². The second-order valence-electron chi connectivity index (χ2n) is 3.25. The number of carboxylic acid groups (broad SMARTS) is 1. The van der Waals surface area contributed by atoms with Crippen molar-refractivity contribution in [2.75, 3.05) is 14.1 Å². The SMILES string of the molecule is CNN1C=C(C)N(C)C1(C)C(=O)O. The van der Waals surface area contributed by atoms with Crippen molar-refractivity contribution >= 4 is 5.97 Å². The van der Waals surface area contributed by atoms with Crippen LogP contribution in [0, 0.1) is 0 Å². The molecule has 5 nitrogen and oxygen atoms in total. The zero-order valence-corrected chi connectivity index (χ0v) is 8.33. The third kappa shape index (κ3) is 1.16. The third-order valence-corrected chi connectivity index (χ3v) is 2.61. The van der Waals surface area contributed by atoms with Crippen LogP contribution in [0.15, 0.2) is 11.9 Å². The van der Waals surface area contributed by atoms with Gasteiger partial charge in [-0.2, -0.15) is 0 Å². The van der Waals surface area contributed by atoms with Crippen molar-refractivity contribution < 1.29 is 9.90 Å². The molecule has 1 heterocycles. The van der Waals surface area contributed by atoms with Gasteiger partial charge in [0.2, 0.25) is 5.66 Å². The summed E-state index contributed by atoms with van der Waals surface area (Å²) in [5.41, 5.74) is 2.72. The highest BCUT2D eigenvalue weighted by molar-refractivity contribution is 5.78. The highest BCUT2D eigenvalue weighted by atomic mass is 16.4. The number of carboxylic acids is 1.